The Morgan fingerprint density at radius 2 is 0.889 bits per heavy atom. The number of anilines is 4. The molecule has 0 aromatic heterocycles. The predicted octanol–water partition coefficient (Wildman–Crippen LogP) is 7.64. The van der Waals surface area contributed by atoms with Crippen LogP contribution in [-0.2, 0) is 5.41 Å². The zero-order valence-electron chi connectivity index (χ0n) is 20.3. The van der Waals surface area contributed by atoms with E-state index in [1.807, 2.05) is 0 Å². The normalized spacial score (nSPS) is 16.1. The monoisotopic (exact) mass is 458 g/mol. The lowest BCUT2D eigenvalue weighted by molar-refractivity contribution is 0.660. The molecule has 0 unspecified atom stereocenters. The van der Waals surface area contributed by atoms with E-state index in [9.17, 15) is 0 Å². The molecular formula is C33H23BN2. The Labute approximate surface area is 211 Å². The van der Waals surface area contributed by atoms with Crippen molar-refractivity contribution < 1.29 is 0 Å². The standard InChI is InChI=1S/C33H23BN2/c1-33(2)24-14-8-18-28-30(24)31-25(33)15-9-19-29(31)36-27-17-6-4-11-21(27)23-13-7-12-22-20-10-3-5-16-26(20)35(28)34(36)32(22)23/h3-19H,1-2H3. The average molecular weight is 458 g/mol. The number of para-hydroxylation sites is 2. The van der Waals surface area contributed by atoms with E-state index in [1.165, 1.54) is 72.7 Å². The Kier molecular flexibility index (Phi) is 3.23. The van der Waals surface area contributed by atoms with Crippen molar-refractivity contribution >= 4 is 35.2 Å². The predicted molar refractivity (Wildman–Crippen MR) is 151 cm³/mol. The van der Waals surface area contributed by atoms with E-state index in [1.54, 1.807) is 0 Å². The van der Waals surface area contributed by atoms with Gasteiger partial charge in [-0.05, 0) is 52.0 Å². The molecule has 3 heterocycles. The van der Waals surface area contributed by atoms with Crippen molar-refractivity contribution in [3.05, 3.63) is 114 Å². The number of hydrogen-bond acceptors (Lipinski definition) is 2. The van der Waals surface area contributed by atoms with Crippen LogP contribution in [0.15, 0.2) is 103 Å². The Balaban J connectivity index is 1.54. The molecule has 5 aromatic carbocycles. The first-order valence-electron chi connectivity index (χ1n) is 12.8. The van der Waals surface area contributed by atoms with Gasteiger partial charge in [-0.25, -0.2) is 0 Å². The fraction of sp³-hybridized carbons (Fsp3) is 0.0909. The molecule has 1 aliphatic carbocycles. The number of rotatable bonds is 0. The first-order chi connectivity index (χ1) is 17.7. The Morgan fingerprint density at radius 3 is 1.42 bits per heavy atom. The molecule has 5 aromatic rings. The second-order valence-electron chi connectivity index (χ2n) is 10.9. The number of fused-ring (bicyclic) bond motifs is 8. The van der Waals surface area contributed by atoms with Crippen LogP contribution in [0.4, 0.5) is 22.7 Å². The molecule has 36 heavy (non-hydrogen) atoms. The molecule has 3 heteroatoms. The van der Waals surface area contributed by atoms with E-state index in [0.29, 0.717) is 0 Å². The molecule has 0 saturated heterocycles. The summed E-state index contributed by atoms with van der Waals surface area (Å²) in [5, 5.41) is 0. The van der Waals surface area contributed by atoms with Gasteiger partial charge in [-0.3, -0.25) is 0 Å². The maximum Gasteiger partial charge on any atom is 0.421 e. The summed E-state index contributed by atoms with van der Waals surface area (Å²) in [4.78, 5) is 5.25. The van der Waals surface area contributed by atoms with Gasteiger partial charge < -0.3 is 9.62 Å². The molecule has 0 N–H and O–H groups in total. The first-order valence-corrected chi connectivity index (χ1v) is 12.8. The SMILES string of the molecule is CC1(C)c2cccc3c2-c2c(cccc21)N1B2c4c(cccc4-c4ccccc41)-c1ccccc1N23. The van der Waals surface area contributed by atoms with Gasteiger partial charge in [-0.1, -0.05) is 92.7 Å². The smallest absolute Gasteiger partial charge is 0.361 e. The number of benzene rings is 5. The summed E-state index contributed by atoms with van der Waals surface area (Å²) in [6.45, 7) is 4.81. The van der Waals surface area contributed by atoms with Crippen molar-refractivity contribution in [2.24, 2.45) is 0 Å². The van der Waals surface area contributed by atoms with Crippen molar-refractivity contribution in [3.63, 3.8) is 0 Å². The highest BCUT2D eigenvalue weighted by atomic mass is 15.3. The zero-order valence-corrected chi connectivity index (χ0v) is 20.3. The van der Waals surface area contributed by atoms with E-state index in [0.717, 1.165) is 0 Å². The summed E-state index contributed by atoms with van der Waals surface area (Å²) in [5.74, 6) is 0. The van der Waals surface area contributed by atoms with Crippen LogP contribution in [0, 0.1) is 0 Å². The lowest BCUT2D eigenvalue weighted by Crippen LogP contribution is -2.61. The van der Waals surface area contributed by atoms with Gasteiger partial charge in [0.15, 0.2) is 0 Å². The van der Waals surface area contributed by atoms with Crippen LogP contribution in [0.2, 0.25) is 0 Å². The van der Waals surface area contributed by atoms with Crippen LogP contribution >= 0.6 is 0 Å². The Hall–Kier alpha value is -4.24. The molecule has 0 saturated carbocycles. The molecule has 3 aliphatic heterocycles. The quantitative estimate of drug-likeness (QED) is 0.220. The van der Waals surface area contributed by atoms with Crippen LogP contribution in [0.25, 0.3) is 33.4 Å². The Bertz CT molecular complexity index is 1670. The van der Waals surface area contributed by atoms with Crippen molar-refractivity contribution in [3.8, 4) is 33.4 Å². The van der Waals surface area contributed by atoms with Crippen molar-refractivity contribution in [2.75, 3.05) is 9.62 Å². The van der Waals surface area contributed by atoms with Gasteiger partial charge in [0.25, 0.3) is 0 Å². The fourth-order valence-corrected chi connectivity index (χ4v) is 7.49. The molecule has 0 bridgehead atoms. The molecular weight excluding hydrogens is 435 g/mol. The molecule has 9 rings (SSSR count). The van der Waals surface area contributed by atoms with Crippen molar-refractivity contribution in [1.29, 1.82) is 0 Å². The summed E-state index contributed by atoms with van der Waals surface area (Å²) < 4.78 is 0. The summed E-state index contributed by atoms with van der Waals surface area (Å²) >= 11 is 0. The minimum Gasteiger partial charge on any atom is -0.361 e. The second-order valence-corrected chi connectivity index (χ2v) is 10.9. The van der Waals surface area contributed by atoms with Gasteiger partial charge in [-0.2, -0.15) is 0 Å². The summed E-state index contributed by atoms with van der Waals surface area (Å²) in [6.07, 6.45) is 0. The highest BCUT2D eigenvalue weighted by molar-refractivity contribution is 6.87. The largest absolute Gasteiger partial charge is 0.421 e. The third kappa shape index (κ3) is 1.97. The van der Waals surface area contributed by atoms with Crippen LogP contribution in [-0.4, -0.2) is 6.98 Å². The van der Waals surface area contributed by atoms with Crippen LogP contribution in [0.5, 0.6) is 0 Å². The van der Waals surface area contributed by atoms with E-state index in [2.05, 4.69) is 127 Å². The van der Waals surface area contributed by atoms with Gasteiger partial charge in [0.1, 0.15) is 0 Å². The molecule has 0 fully saturated rings. The van der Waals surface area contributed by atoms with E-state index >= 15 is 0 Å². The number of hydrogen-bond donors (Lipinski definition) is 0. The minimum absolute atomic E-state index is 0.0444. The topological polar surface area (TPSA) is 6.48 Å². The molecule has 2 nitrogen and oxygen atoms in total. The van der Waals surface area contributed by atoms with Gasteiger partial charge in [0.2, 0.25) is 0 Å². The lowest BCUT2D eigenvalue weighted by Gasteiger charge is -2.47. The molecule has 0 amide bonds. The lowest BCUT2D eigenvalue weighted by atomic mass is 9.53. The highest BCUT2D eigenvalue weighted by Crippen LogP contribution is 2.61. The van der Waals surface area contributed by atoms with Crippen LogP contribution in [0.3, 0.4) is 0 Å². The van der Waals surface area contributed by atoms with Gasteiger partial charge in [0, 0.05) is 50.4 Å². The second kappa shape index (κ2) is 6.11. The Morgan fingerprint density at radius 1 is 0.472 bits per heavy atom. The maximum atomic E-state index is 2.63. The molecule has 0 radical (unpaired) electrons. The summed E-state index contributed by atoms with van der Waals surface area (Å²) in [6, 6.07) is 38.7. The van der Waals surface area contributed by atoms with Crippen LogP contribution in [0.1, 0.15) is 25.0 Å². The van der Waals surface area contributed by atoms with E-state index in [4.69, 9.17) is 0 Å². The van der Waals surface area contributed by atoms with Gasteiger partial charge >= 0.3 is 6.98 Å². The van der Waals surface area contributed by atoms with Crippen LogP contribution < -0.4 is 15.1 Å². The van der Waals surface area contributed by atoms with E-state index < -0.39 is 0 Å². The average Bonchev–Trinajstić information content (AvgIpc) is 3.07. The van der Waals surface area contributed by atoms with E-state index in [-0.39, 0.29) is 12.4 Å². The zero-order chi connectivity index (χ0) is 23.8. The molecule has 0 atom stereocenters. The van der Waals surface area contributed by atoms with Crippen molar-refractivity contribution in [2.45, 2.75) is 19.3 Å². The number of nitrogens with zero attached hydrogens (tertiary/aromatic N) is 2. The van der Waals surface area contributed by atoms with Crippen molar-refractivity contribution in [1.82, 2.24) is 0 Å². The summed E-state index contributed by atoms with van der Waals surface area (Å²) in [5.41, 5.74) is 17.5. The maximum absolute atomic E-state index is 2.63. The molecule has 0 spiro atoms. The molecule has 4 aliphatic rings. The first kappa shape index (κ1) is 19.0. The highest BCUT2D eigenvalue weighted by Gasteiger charge is 2.51. The summed E-state index contributed by atoms with van der Waals surface area (Å²) in [7, 11) is 0. The fourth-order valence-electron chi connectivity index (χ4n) is 7.49. The molecule has 168 valence electrons. The van der Waals surface area contributed by atoms with Gasteiger partial charge in [-0.15, -0.1) is 0 Å². The minimum atomic E-state index is -0.0444. The van der Waals surface area contributed by atoms with Gasteiger partial charge in [0.05, 0.1) is 0 Å². The third-order valence-electron chi connectivity index (χ3n) is 8.96. The third-order valence-corrected chi connectivity index (χ3v) is 8.96.